The number of carboxylic acid groups (broad SMARTS) is 1. The van der Waals surface area contributed by atoms with Crippen LogP contribution < -0.4 is 0 Å². The standard InChI is InChI=1S/C10H18O4/c1-9(2,3)14-10(8(11)12)5-4-6-13-7-10/h4-7H2,1-3H3,(H,11,12). The van der Waals surface area contributed by atoms with Crippen LogP contribution in [-0.2, 0) is 14.3 Å². The lowest BCUT2D eigenvalue weighted by atomic mass is 9.95. The van der Waals surface area contributed by atoms with Crippen molar-refractivity contribution in [2.75, 3.05) is 13.2 Å². The van der Waals surface area contributed by atoms with E-state index in [2.05, 4.69) is 0 Å². The van der Waals surface area contributed by atoms with E-state index in [-0.39, 0.29) is 6.61 Å². The Kier molecular flexibility index (Phi) is 3.17. The first kappa shape index (κ1) is 11.5. The molecule has 82 valence electrons. The molecule has 0 aromatic rings. The number of rotatable bonds is 2. The fourth-order valence-electron chi connectivity index (χ4n) is 1.65. The predicted molar refractivity (Wildman–Crippen MR) is 51.3 cm³/mol. The largest absolute Gasteiger partial charge is 0.479 e. The second-order valence-electron chi connectivity index (χ2n) is 4.67. The third-order valence-corrected chi connectivity index (χ3v) is 2.10. The average Bonchev–Trinajstić information content (AvgIpc) is 2.02. The van der Waals surface area contributed by atoms with Crippen molar-refractivity contribution in [1.82, 2.24) is 0 Å². The first-order valence-corrected chi connectivity index (χ1v) is 4.87. The Labute approximate surface area is 84.2 Å². The summed E-state index contributed by atoms with van der Waals surface area (Å²) in [5.74, 6) is -0.924. The highest BCUT2D eigenvalue weighted by Gasteiger charge is 2.44. The highest BCUT2D eigenvalue weighted by atomic mass is 16.6. The van der Waals surface area contributed by atoms with E-state index in [1.54, 1.807) is 0 Å². The summed E-state index contributed by atoms with van der Waals surface area (Å²) in [6.45, 7) is 6.34. The minimum Gasteiger partial charge on any atom is -0.479 e. The van der Waals surface area contributed by atoms with Crippen LogP contribution in [0.15, 0.2) is 0 Å². The van der Waals surface area contributed by atoms with Crippen LogP contribution in [-0.4, -0.2) is 35.5 Å². The fourth-order valence-corrected chi connectivity index (χ4v) is 1.65. The van der Waals surface area contributed by atoms with Crippen molar-refractivity contribution in [3.8, 4) is 0 Å². The summed E-state index contributed by atoms with van der Waals surface area (Å²) in [4.78, 5) is 11.1. The van der Waals surface area contributed by atoms with Crippen molar-refractivity contribution in [1.29, 1.82) is 0 Å². The van der Waals surface area contributed by atoms with E-state index >= 15 is 0 Å². The zero-order chi connectivity index (χ0) is 10.8. The smallest absolute Gasteiger partial charge is 0.338 e. The lowest BCUT2D eigenvalue weighted by Gasteiger charge is -2.38. The molecule has 1 saturated heterocycles. The van der Waals surface area contributed by atoms with Gasteiger partial charge in [0, 0.05) is 6.61 Å². The van der Waals surface area contributed by atoms with Crippen LogP contribution in [0.1, 0.15) is 33.6 Å². The number of aliphatic carboxylic acids is 1. The molecule has 0 saturated carbocycles. The first-order chi connectivity index (χ1) is 6.36. The minimum absolute atomic E-state index is 0.152. The summed E-state index contributed by atoms with van der Waals surface area (Å²) in [6.07, 6.45) is 1.27. The molecule has 1 fully saturated rings. The van der Waals surface area contributed by atoms with Gasteiger partial charge in [0.15, 0.2) is 5.60 Å². The maximum absolute atomic E-state index is 11.1. The fraction of sp³-hybridized carbons (Fsp3) is 0.900. The van der Waals surface area contributed by atoms with Crippen molar-refractivity contribution >= 4 is 5.97 Å². The quantitative estimate of drug-likeness (QED) is 0.736. The Morgan fingerprint density at radius 1 is 1.50 bits per heavy atom. The molecule has 0 aliphatic carbocycles. The molecule has 0 bridgehead atoms. The molecule has 4 nitrogen and oxygen atoms in total. The maximum Gasteiger partial charge on any atom is 0.338 e. The van der Waals surface area contributed by atoms with Gasteiger partial charge in [-0.2, -0.15) is 0 Å². The molecule has 14 heavy (non-hydrogen) atoms. The summed E-state index contributed by atoms with van der Waals surface area (Å²) in [6, 6.07) is 0. The van der Waals surface area contributed by atoms with Gasteiger partial charge in [0.25, 0.3) is 0 Å². The highest BCUT2D eigenvalue weighted by molar-refractivity contribution is 5.77. The number of ether oxygens (including phenoxy) is 2. The van der Waals surface area contributed by atoms with Gasteiger partial charge in [-0.1, -0.05) is 0 Å². The molecular formula is C10H18O4. The average molecular weight is 202 g/mol. The van der Waals surface area contributed by atoms with Crippen LogP contribution in [0.3, 0.4) is 0 Å². The molecule has 1 aliphatic heterocycles. The molecule has 1 rings (SSSR count). The molecule has 1 unspecified atom stereocenters. The molecule has 4 heteroatoms. The second kappa shape index (κ2) is 3.87. The molecule has 1 heterocycles. The van der Waals surface area contributed by atoms with Gasteiger partial charge in [0.1, 0.15) is 0 Å². The molecule has 1 aliphatic rings. The zero-order valence-corrected chi connectivity index (χ0v) is 9.00. The number of carbonyl (C=O) groups is 1. The zero-order valence-electron chi connectivity index (χ0n) is 9.00. The number of hydrogen-bond donors (Lipinski definition) is 1. The SMILES string of the molecule is CC(C)(C)OC1(C(=O)O)CCCOC1. The van der Waals surface area contributed by atoms with Gasteiger partial charge >= 0.3 is 5.97 Å². The van der Waals surface area contributed by atoms with Gasteiger partial charge in [0.2, 0.25) is 0 Å². The molecule has 0 spiro atoms. The highest BCUT2D eigenvalue weighted by Crippen LogP contribution is 2.28. The van der Waals surface area contributed by atoms with Gasteiger partial charge in [-0.05, 0) is 33.6 Å². The normalized spacial score (nSPS) is 28.8. The summed E-state index contributed by atoms with van der Waals surface area (Å²) >= 11 is 0. The van der Waals surface area contributed by atoms with E-state index in [9.17, 15) is 4.79 Å². The van der Waals surface area contributed by atoms with Crippen LogP contribution >= 0.6 is 0 Å². The summed E-state index contributed by atoms with van der Waals surface area (Å²) in [5, 5.41) is 9.15. The Morgan fingerprint density at radius 2 is 2.14 bits per heavy atom. The van der Waals surface area contributed by atoms with Crippen LogP contribution in [0.25, 0.3) is 0 Å². The monoisotopic (exact) mass is 202 g/mol. The van der Waals surface area contributed by atoms with Crippen LogP contribution in [0, 0.1) is 0 Å². The van der Waals surface area contributed by atoms with E-state index in [4.69, 9.17) is 14.6 Å². The van der Waals surface area contributed by atoms with Crippen molar-refractivity contribution in [2.24, 2.45) is 0 Å². The van der Waals surface area contributed by atoms with Gasteiger partial charge in [0.05, 0.1) is 12.2 Å². The molecule has 0 amide bonds. The van der Waals surface area contributed by atoms with Crippen molar-refractivity contribution in [3.05, 3.63) is 0 Å². The molecule has 0 aromatic heterocycles. The molecule has 0 radical (unpaired) electrons. The van der Waals surface area contributed by atoms with Gasteiger partial charge in [-0.25, -0.2) is 4.79 Å². The molecule has 1 atom stereocenters. The Balaban J connectivity index is 2.76. The van der Waals surface area contributed by atoms with Crippen molar-refractivity contribution in [2.45, 2.75) is 44.8 Å². The Hall–Kier alpha value is -0.610. The minimum atomic E-state index is -1.14. The van der Waals surface area contributed by atoms with Gasteiger partial charge < -0.3 is 14.6 Å². The predicted octanol–water partition coefficient (Wildman–Crippen LogP) is 1.44. The van der Waals surface area contributed by atoms with E-state index < -0.39 is 17.2 Å². The summed E-state index contributed by atoms with van der Waals surface area (Å²) < 4.78 is 10.8. The van der Waals surface area contributed by atoms with E-state index in [0.29, 0.717) is 13.0 Å². The van der Waals surface area contributed by atoms with Crippen LogP contribution in [0.4, 0.5) is 0 Å². The van der Waals surface area contributed by atoms with Crippen LogP contribution in [0.2, 0.25) is 0 Å². The second-order valence-corrected chi connectivity index (χ2v) is 4.67. The Bertz CT molecular complexity index is 211. The lowest BCUT2D eigenvalue weighted by molar-refractivity contribution is -0.208. The first-order valence-electron chi connectivity index (χ1n) is 4.87. The van der Waals surface area contributed by atoms with Crippen molar-refractivity contribution in [3.63, 3.8) is 0 Å². The van der Waals surface area contributed by atoms with E-state index in [0.717, 1.165) is 6.42 Å². The topological polar surface area (TPSA) is 55.8 Å². The van der Waals surface area contributed by atoms with Gasteiger partial charge in [-0.3, -0.25) is 0 Å². The number of hydrogen-bond acceptors (Lipinski definition) is 3. The molecule has 0 aromatic carbocycles. The van der Waals surface area contributed by atoms with E-state index in [1.807, 2.05) is 20.8 Å². The van der Waals surface area contributed by atoms with Crippen molar-refractivity contribution < 1.29 is 19.4 Å². The van der Waals surface area contributed by atoms with Crippen LogP contribution in [0.5, 0.6) is 0 Å². The summed E-state index contributed by atoms with van der Waals surface area (Å²) in [7, 11) is 0. The number of carboxylic acids is 1. The summed E-state index contributed by atoms with van der Waals surface area (Å²) in [5.41, 5.74) is -1.60. The maximum atomic E-state index is 11.1. The molecular weight excluding hydrogens is 184 g/mol. The third kappa shape index (κ3) is 2.69. The lowest BCUT2D eigenvalue weighted by Crippen LogP contribution is -2.52. The Morgan fingerprint density at radius 3 is 2.50 bits per heavy atom. The van der Waals surface area contributed by atoms with Gasteiger partial charge in [-0.15, -0.1) is 0 Å². The molecule has 1 N–H and O–H groups in total. The van der Waals surface area contributed by atoms with E-state index in [1.165, 1.54) is 0 Å². The third-order valence-electron chi connectivity index (χ3n) is 2.10.